The van der Waals surface area contributed by atoms with Gasteiger partial charge in [-0.25, -0.2) is 14.6 Å². The molecule has 0 aliphatic carbocycles. The van der Waals surface area contributed by atoms with Gasteiger partial charge >= 0.3 is 0 Å². The second-order valence-electron chi connectivity index (χ2n) is 4.40. The molecule has 0 radical (unpaired) electrons. The summed E-state index contributed by atoms with van der Waals surface area (Å²) in [6.07, 6.45) is 6.70. The van der Waals surface area contributed by atoms with E-state index in [-0.39, 0.29) is 6.23 Å². The average Bonchev–Trinajstić information content (AvgIpc) is 2.85. The fourth-order valence-corrected chi connectivity index (χ4v) is 2.30. The average molecular weight is 247 g/mol. The van der Waals surface area contributed by atoms with E-state index in [1.54, 1.807) is 6.33 Å². The van der Waals surface area contributed by atoms with Crippen LogP contribution in [0.2, 0.25) is 0 Å². The van der Waals surface area contributed by atoms with Crippen LogP contribution >= 0.6 is 0 Å². The van der Waals surface area contributed by atoms with Gasteiger partial charge in [-0.05, 0) is 26.2 Å². The number of nitrogens with one attached hydrogen (secondary N) is 1. The van der Waals surface area contributed by atoms with Crippen LogP contribution in [-0.2, 0) is 4.74 Å². The van der Waals surface area contributed by atoms with E-state index >= 15 is 0 Å². The number of hydrogen-bond acceptors (Lipinski definition) is 5. The van der Waals surface area contributed by atoms with Crippen molar-refractivity contribution in [1.29, 1.82) is 0 Å². The van der Waals surface area contributed by atoms with E-state index < -0.39 is 0 Å². The lowest BCUT2D eigenvalue weighted by molar-refractivity contribution is -0.0370. The Kier molecular flexibility index (Phi) is 3.10. The van der Waals surface area contributed by atoms with Crippen LogP contribution in [0.5, 0.6) is 0 Å². The Morgan fingerprint density at radius 1 is 1.44 bits per heavy atom. The second-order valence-corrected chi connectivity index (χ2v) is 4.40. The third-order valence-corrected chi connectivity index (χ3v) is 3.16. The highest BCUT2D eigenvalue weighted by Crippen LogP contribution is 2.26. The van der Waals surface area contributed by atoms with Gasteiger partial charge in [-0.15, -0.1) is 0 Å². The van der Waals surface area contributed by atoms with Crippen molar-refractivity contribution < 1.29 is 4.74 Å². The van der Waals surface area contributed by atoms with Gasteiger partial charge in [0.05, 0.1) is 11.6 Å². The molecule has 0 bridgehead atoms. The molecule has 0 saturated carbocycles. The number of anilines is 1. The standard InChI is InChI=1S/C12H17N5O/c1-2-13-11-9-7-16-17(12(9)15-8-14-11)10-5-3-4-6-18-10/h7-8,10H,2-6H2,1H3,(H,13,14,15)/t10-/m1/s1. The van der Waals surface area contributed by atoms with Gasteiger partial charge < -0.3 is 10.1 Å². The SMILES string of the molecule is CCNc1ncnc2c1cnn2[C@H]1CCCCO1. The minimum absolute atomic E-state index is 0.0145. The molecule has 0 amide bonds. The molecule has 1 atom stereocenters. The summed E-state index contributed by atoms with van der Waals surface area (Å²) < 4.78 is 7.62. The first kappa shape index (κ1) is 11.4. The molecule has 1 aliphatic rings. The molecule has 2 aromatic heterocycles. The fourth-order valence-electron chi connectivity index (χ4n) is 2.30. The first-order chi connectivity index (χ1) is 8.90. The predicted octanol–water partition coefficient (Wildman–Crippen LogP) is 1.96. The van der Waals surface area contributed by atoms with E-state index in [1.807, 2.05) is 17.8 Å². The van der Waals surface area contributed by atoms with Crippen LogP contribution in [0.15, 0.2) is 12.5 Å². The van der Waals surface area contributed by atoms with Gasteiger partial charge in [0, 0.05) is 13.2 Å². The van der Waals surface area contributed by atoms with E-state index in [2.05, 4.69) is 20.4 Å². The Bertz CT molecular complexity index is 532. The van der Waals surface area contributed by atoms with E-state index in [4.69, 9.17) is 4.74 Å². The molecular weight excluding hydrogens is 230 g/mol. The fraction of sp³-hybridized carbons (Fsp3) is 0.583. The molecule has 3 rings (SSSR count). The lowest BCUT2D eigenvalue weighted by atomic mass is 10.2. The van der Waals surface area contributed by atoms with Gasteiger partial charge in [0.25, 0.3) is 0 Å². The third-order valence-electron chi connectivity index (χ3n) is 3.16. The summed E-state index contributed by atoms with van der Waals surface area (Å²) in [4.78, 5) is 8.57. The molecule has 2 aromatic rings. The normalized spacial score (nSPS) is 20.2. The molecule has 1 saturated heterocycles. The number of nitrogens with zero attached hydrogens (tertiary/aromatic N) is 4. The summed E-state index contributed by atoms with van der Waals surface area (Å²) in [5.41, 5.74) is 0.841. The van der Waals surface area contributed by atoms with E-state index in [9.17, 15) is 0 Å². The van der Waals surface area contributed by atoms with Crippen LogP contribution in [0.1, 0.15) is 32.4 Å². The Morgan fingerprint density at radius 3 is 3.17 bits per heavy atom. The van der Waals surface area contributed by atoms with Crippen molar-refractivity contribution in [3.05, 3.63) is 12.5 Å². The highest BCUT2D eigenvalue weighted by molar-refractivity contribution is 5.86. The van der Waals surface area contributed by atoms with Crippen LogP contribution in [0.4, 0.5) is 5.82 Å². The third kappa shape index (κ3) is 1.92. The van der Waals surface area contributed by atoms with Crippen LogP contribution in [-0.4, -0.2) is 32.9 Å². The quantitative estimate of drug-likeness (QED) is 0.898. The molecule has 1 N–H and O–H groups in total. The van der Waals surface area contributed by atoms with Crippen LogP contribution in [0.25, 0.3) is 11.0 Å². The molecule has 18 heavy (non-hydrogen) atoms. The molecule has 1 aliphatic heterocycles. The van der Waals surface area contributed by atoms with Crippen LogP contribution < -0.4 is 5.32 Å². The predicted molar refractivity (Wildman–Crippen MR) is 68.3 cm³/mol. The van der Waals surface area contributed by atoms with Crippen molar-refractivity contribution in [2.24, 2.45) is 0 Å². The van der Waals surface area contributed by atoms with Gasteiger partial charge in [0.15, 0.2) is 11.9 Å². The molecule has 3 heterocycles. The van der Waals surface area contributed by atoms with Crippen LogP contribution in [0, 0.1) is 0 Å². The first-order valence-corrected chi connectivity index (χ1v) is 6.44. The molecule has 96 valence electrons. The van der Waals surface area contributed by atoms with Gasteiger partial charge in [-0.3, -0.25) is 0 Å². The second kappa shape index (κ2) is 4.89. The zero-order valence-corrected chi connectivity index (χ0v) is 10.5. The zero-order valence-electron chi connectivity index (χ0n) is 10.5. The lowest BCUT2D eigenvalue weighted by Crippen LogP contribution is -2.19. The molecule has 0 unspecified atom stereocenters. The van der Waals surface area contributed by atoms with Gasteiger partial charge in [-0.2, -0.15) is 5.10 Å². The maximum absolute atomic E-state index is 5.75. The van der Waals surface area contributed by atoms with Crippen LogP contribution in [0.3, 0.4) is 0 Å². The Labute approximate surface area is 105 Å². The summed E-state index contributed by atoms with van der Waals surface area (Å²) in [7, 11) is 0. The van der Waals surface area contributed by atoms with Gasteiger partial charge in [0.2, 0.25) is 0 Å². The Hall–Kier alpha value is -1.69. The minimum atomic E-state index is 0.0145. The smallest absolute Gasteiger partial charge is 0.165 e. The van der Waals surface area contributed by atoms with E-state index in [1.165, 1.54) is 6.42 Å². The number of fused-ring (bicyclic) bond motifs is 1. The summed E-state index contributed by atoms with van der Waals surface area (Å²) in [5, 5.41) is 8.58. The van der Waals surface area contributed by atoms with Crippen molar-refractivity contribution in [2.45, 2.75) is 32.4 Å². The summed E-state index contributed by atoms with van der Waals surface area (Å²) in [6.45, 7) is 3.68. The molecule has 0 aromatic carbocycles. The molecule has 0 spiro atoms. The number of rotatable bonds is 3. The van der Waals surface area contributed by atoms with Crippen molar-refractivity contribution in [3.8, 4) is 0 Å². The van der Waals surface area contributed by atoms with Gasteiger partial charge in [-0.1, -0.05) is 0 Å². The Morgan fingerprint density at radius 2 is 2.39 bits per heavy atom. The topological polar surface area (TPSA) is 64.9 Å². The van der Waals surface area contributed by atoms with E-state index in [0.717, 1.165) is 42.8 Å². The molecule has 1 fully saturated rings. The Balaban J connectivity index is 2.00. The summed E-state index contributed by atoms with van der Waals surface area (Å²) in [5.74, 6) is 0.838. The number of ether oxygens (including phenoxy) is 1. The summed E-state index contributed by atoms with van der Waals surface area (Å²) >= 11 is 0. The first-order valence-electron chi connectivity index (χ1n) is 6.44. The lowest BCUT2D eigenvalue weighted by Gasteiger charge is -2.22. The molecule has 6 heteroatoms. The number of hydrogen-bond donors (Lipinski definition) is 1. The van der Waals surface area contributed by atoms with Crippen molar-refractivity contribution in [2.75, 3.05) is 18.5 Å². The molecule has 6 nitrogen and oxygen atoms in total. The van der Waals surface area contributed by atoms with E-state index in [0.29, 0.717) is 0 Å². The highest BCUT2D eigenvalue weighted by Gasteiger charge is 2.20. The monoisotopic (exact) mass is 247 g/mol. The maximum atomic E-state index is 5.75. The van der Waals surface area contributed by atoms with Crippen molar-refractivity contribution >= 4 is 16.9 Å². The largest absolute Gasteiger partial charge is 0.370 e. The maximum Gasteiger partial charge on any atom is 0.165 e. The van der Waals surface area contributed by atoms with Gasteiger partial charge in [0.1, 0.15) is 12.1 Å². The molecular formula is C12H17N5O. The number of aromatic nitrogens is 4. The summed E-state index contributed by atoms with van der Waals surface area (Å²) in [6, 6.07) is 0. The highest BCUT2D eigenvalue weighted by atomic mass is 16.5. The van der Waals surface area contributed by atoms with Crippen molar-refractivity contribution in [3.63, 3.8) is 0 Å². The van der Waals surface area contributed by atoms with Crippen molar-refractivity contribution in [1.82, 2.24) is 19.7 Å². The minimum Gasteiger partial charge on any atom is -0.370 e. The zero-order chi connectivity index (χ0) is 12.4.